The fourth-order valence-corrected chi connectivity index (χ4v) is 5.20. The summed E-state index contributed by atoms with van der Waals surface area (Å²) >= 11 is 0. The molecule has 1 aliphatic carbocycles. The molecule has 12 heteroatoms. The van der Waals surface area contributed by atoms with E-state index in [0.29, 0.717) is 0 Å². The molecule has 1 atom stereocenters. The summed E-state index contributed by atoms with van der Waals surface area (Å²) < 4.78 is 86.4. The number of amides is 1. The first-order chi connectivity index (χ1) is 16.9. The molecule has 0 spiro atoms. The molecule has 1 saturated carbocycles. The Balaban J connectivity index is 1.55. The van der Waals surface area contributed by atoms with Gasteiger partial charge in [0.05, 0.1) is 12.1 Å². The number of carbonyl (C=O) groups excluding carboxylic acids is 1. The lowest BCUT2D eigenvalue weighted by atomic mass is 9.59. The number of carbonyl (C=O) groups is 1. The zero-order chi connectivity index (χ0) is 26.0. The maximum Gasteiger partial charge on any atom is 0.416 e. The minimum absolute atomic E-state index is 0.121. The van der Waals surface area contributed by atoms with Crippen LogP contribution in [0.4, 0.5) is 32.0 Å². The molecule has 190 valence electrons. The third-order valence-corrected chi connectivity index (χ3v) is 6.98. The number of aromatic nitrogens is 3. The van der Waals surface area contributed by atoms with Gasteiger partial charge in [-0.15, -0.1) is 10.2 Å². The number of nitrogens with two attached hydrogens (primary N) is 1. The summed E-state index contributed by atoms with van der Waals surface area (Å²) in [7, 11) is 1.50. The Hall–Kier alpha value is -3.41. The van der Waals surface area contributed by atoms with Gasteiger partial charge >= 0.3 is 6.18 Å². The molecule has 2 aromatic carbocycles. The predicted molar refractivity (Wildman–Crippen MR) is 117 cm³/mol. The van der Waals surface area contributed by atoms with E-state index in [1.807, 2.05) is 0 Å². The van der Waals surface area contributed by atoms with Crippen molar-refractivity contribution in [1.29, 1.82) is 0 Å². The first-order valence-corrected chi connectivity index (χ1v) is 11.1. The SMILES string of the molecule is Cn1cnnc1[C@@H](F)C1(c2cccc(N3Cc4c(cc(CN)cc4C(F)(F)F)C3=O)c2)CC(F)(F)C1. The van der Waals surface area contributed by atoms with Gasteiger partial charge in [-0.25, -0.2) is 13.2 Å². The summed E-state index contributed by atoms with van der Waals surface area (Å²) in [6.07, 6.45) is -6.94. The lowest BCUT2D eigenvalue weighted by molar-refractivity contribution is -0.151. The average Bonchev–Trinajstić information content (AvgIpc) is 3.38. The van der Waals surface area contributed by atoms with Crippen molar-refractivity contribution < 1.29 is 31.1 Å². The molecular weight excluding hydrogens is 488 g/mol. The lowest BCUT2D eigenvalue weighted by Gasteiger charge is -2.49. The summed E-state index contributed by atoms with van der Waals surface area (Å²) in [6, 6.07) is 8.06. The second-order valence-corrected chi connectivity index (χ2v) is 9.34. The highest BCUT2D eigenvalue weighted by atomic mass is 19.4. The number of benzene rings is 2. The van der Waals surface area contributed by atoms with Crippen molar-refractivity contribution in [1.82, 2.24) is 14.8 Å². The first kappa shape index (κ1) is 24.3. The number of rotatable bonds is 5. The maximum absolute atomic E-state index is 15.8. The zero-order valence-electron chi connectivity index (χ0n) is 19.0. The Bertz CT molecular complexity index is 1340. The topological polar surface area (TPSA) is 77.0 Å². The van der Waals surface area contributed by atoms with Gasteiger partial charge in [-0.1, -0.05) is 12.1 Å². The molecule has 1 amide bonds. The molecule has 1 fully saturated rings. The van der Waals surface area contributed by atoms with Crippen molar-refractivity contribution in [3.05, 3.63) is 76.4 Å². The molecule has 1 aromatic heterocycles. The van der Waals surface area contributed by atoms with Crippen molar-refractivity contribution >= 4 is 11.6 Å². The van der Waals surface area contributed by atoms with Gasteiger partial charge in [0.1, 0.15) is 6.33 Å². The molecule has 5 rings (SSSR count). The van der Waals surface area contributed by atoms with Crippen LogP contribution >= 0.6 is 0 Å². The molecule has 36 heavy (non-hydrogen) atoms. The summed E-state index contributed by atoms with van der Waals surface area (Å²) in [6.45, 7) is -0.557. The van der Waals surface area contributed by atoms with Crippen LogP contribution in [0.2, 0.25) is 0 Å². The summed E-state index contributed by atoms with van der Waals surface area (Å²) in [5, 5.41) is 7.37. The molecule has 3 aromatic rings. The third-order valence-electron chi connectivity index (χ3n) is 6.98. The number of aryl methyl sites for hydroxylation is 1. The van der Waals surface area contributed by atoms with Gasteiger partial charge in [0.25, 0.3) is 5.91 Å². The molecule has 2 aliphatic rings. The van der Waals surface area contributed by atoms with Crippen LogP contribution in [0.25, 0.3) is 0 Å². The molecular formula is C24H21F6N5O. The minimum atomic E-state index is -4.70. The number of hydrogen-bond donors (Lipinski definition) is 1. The van der Waals surface area contributed by atoms with Crippen LogP contribution < -0.4 is 10.6 Å². The van der Waals surface area contributed by atoms with E-state index in [1.165, 1.54) is 48.3 Å². The van der Waals surface area contributed by atoms with E-state index in [0.717, 1.165) is 11.0 Å². The Labute approximate surface area is 201 Å². The van der Waals surface area contributed by atoms with Crippen LogP contribution in [0.3, 0.4) is 0 Å². The molecule has 2 N–H and O–H groups in total. The predicted octanol–water partition coefficient (Wildman–Crippen LogP) is 4.83. The van der Waals surface area contributed by atoms with Gasteiger partial charge in [-0.2, -0.15) is 13.2 Å². The Morgan fingerprint density at radius 2 is 1.89 bits per heavy atom. The van der Waals surface area contributed by atoms with E-state index in [2.05, 4.69) is 10.2 Å². The van der Waals surface area contributed by atoms with Crippen LogP contribution in [0, 0.1) is 0 Å². The van der Waals surface area contributed by atoms with Crippen molar-refractivity contribution in [2.24, 2.45) is 12.8 Å². The van der Waals surface area contributed by atoms with Gasteiger partial charge in [0, 0.05) is 43.1 Å². The Kier molecular flexibility index (Phi) is 5.43. The highest BCUT2D eigenvalue weighted by Gasteiger charge is 2.62. The largest absolute Gasteiger partial charge is 0.416 e. The summed E-state index contributed by atoms with van der Waals surface area (Å²) in [4.78, 5) is 14.3. The van der Waals surface area contributed by atoms with Gasteiger partial charge in [0.15, 0.2) is 12.0 Å². The number of fused-ring (bicyclic) bond motifs is 1. The van der Waals surface area contributed by atoms with E-state index in [9.17, 15) is 26.7 Å². The van der Waals surface area contributed by atoms with E-state index < -0.39 is 48.0 Å². The first-order valence-electron chi connectivity index (χ1n) is 11.1. The fourth-order valence-electron chi connectivity index (χ4n) is 5.20. The summed E-state index contributed by atoms with van der Waals surface area (Å²) in [5.41, 5.74) is 3.17. The molecule has 0 radical (unpaired) electrons. The average molecular weight is 509 g/mol. The van der Waals surface area contributed by atoms with E-state index in [1.54, 1.807) is 0 Å². The molecule has 0 bridgehead atoms. The van der Waals surface area contributed by atoms with Gasteiger partial charge in [0.2, 0.25) is 5.92 Å². The van der Waals surface area contributed by atoms with Crippen molar-refractivity contribution in [3.63, 3.8) is 0 Å². The maximum atomic E-state index is 15.8. The van der Waals surface area contributed by atoms with Gasteiger partial charge in [-0.3, -0.25) is 4.79 Å². The third kappa shape index (κ3) is 3.74. The van der Waals surface area contributed by atoms with Crippen LogP contribution in [-0.2, 0) is 31.7 Å². The van der Waals surface area contributed by atoms with Crippen molar-refractivity contribution in [2.75, 3.05) is 4.90 Å². The van der Waals surface area contributed by atoms with E-state index >= 15 is 4.39 Å². The zero-order valence-corrected chi connectivity index (χ0v) is 19.0. The number of alkyl halides is 6. The molecule has 2 heterocycles. The number of anilines is 1. The van der Waals surface area contributed by atoms with Crippen molar-refractivity contribution in [2.45, 2.75) is 49.6 Å². The summed E-state index contributed by atoms with van der Waals surface area (Å²) in [5.74, 6) is -3.90. The Morgan fingerprint density at radius 3 is 2.47 bits per heavy atom. The van der Waals surface area contributed by atoms with Gasteiger partial charge in [-0.05, 0) is 41.0 Å². The van der Waals surface area contributed by atoms with Crippen molar-refractivity contribution in [3.8, 4) is 0 Å². The Morgan fingerprint density at radius 1 is 1.17 bits per heavy atom. The number of hydrogen-bond acceptors (Lipinski definition) is 4. The number of halogens is 6. The van der Waals surface area contributed by atoms with Crippen LogP contribution in [0.1, 0.15) is 57.4 Å². The number of nitrogens with zero attached hydrogens (tertiary/aromatic N) is 4. The van der Waals surface area contributed by atoms with Crippen LogP contribution in [0.15, 0.2) is 42.7 Å². The molecule has 1 aliphatic heterocycles. The second kappa shape index (κ2) is 8.05. The molecule has 0 unspecified atom stereocenters. The highest BCUT2D eigenvalue weighted by Crippen LogP contribution is 2.60. The quantitative estimate of drug-likeness (QED) is 0.500. The molecule has 0 saturated heterocycles. The van der Waals surface area contributed by atoms with Crippen LogP contribution in [0.5, 0.6) is 0 Å². The normalized spacial score (nSPS) is 19.2. The standard InChI is InChI=1S/C24H21F6N5O/c1-34-12-32-33-20(34)19(25)22(10-23(26,27)11-22)14-3-2-4-15(7-14)35-9-17-16(21(35)36)5-13(8-31)6-18(17)24(28,29)30/h2-7,12,19H,8-11,31H2,1H3/t19-/m1/s1. The lowest BCUT2D eigenvalue weighted by Crippen LogP contribution is -2.52. The monoisotopic (exact) mass is 509 g/mol. The highest BCUT2D eigenvalue weighted by molar-refractivity contribution is 6.10. The van der Waals surface area contributed by atoms with E-state index in [-0.39, 0.29) is 46.9 Å². The van der Waals surface area contributed by atoms with Crippen LogP contribution in [-0.4, -0.2) is 26.6 Å². The minimum Gasteiger partial charge on any atom is -0.326 e. The van der Waals surface area contributed by atoms with E-state index in [4.69, 9.17) is 5.73 Å². The fraction of sp³-hybridized carbons (Fsp3) is 0.375. The molecule has 6 nitrogen and oxygen atoms in total. The smallest absolute Gasteiger partial charge is 0.326 e. The van der Waals surface area contributed by atoms with Gasteiger partial charge < -0.3 is 15.2 Å². The second-order valence-electron chi connectivity index (χ2n) is 9.34.